The van der Waals surface area contributed by atoms with Crippen LogP contribution in [0.2, 0.25) is 0 Å². The summed E-state index contributed by atoms with van der Waals surface area (Å²) < 4.78 is 42.3. The zero-order chi connectivity index (χ0) is 10.7. The summed E-state index contributed by atoms with van der Waals surface area (Å²) in [5, 5.41) is 0.136. The summed E-state index contributed by atoms with van der Waals surface area (Å²) in [4.78, 5) is 3.33. The first-order valence-electron chi connectivity index (χ1n) is 3.67. The van der Waals surface area contributed by atoms with Crippen molar-refractivity contribution < 1.29 is 17.9 Å². The Morgan fingerprint density at radius 3 is 2.64 bits per heavy atom. The Morgan fingerprint density at radius 2 is 2.21 bits per heavy atom. The van der Waals surface area contributed by atoms with Crippen LogP contribution in [0.25, 0.3) is 0 Å². The number of alkyl halides is 3. The highest BCUT2D eigenvalue weighted by atomic mass is 79.9. The molecule has 0 amide bonds. The largest absolute Gasteiger partial charge is 0.479 e. The highest BCUT2D eigenvalue weighted by molar-refractivity contribution is 9.08. The summed E-state index contributed by atoms with van der Waals surface area (Å²) in [6.07, 6.45) is -2.73. The Kier molecular flexibility index (Phi) is 3.74. The Labute approximate surface area is 87.2 Å². The molecule has 0 unspecified atom stereocenters. The highest BCUT2D eigenvalue weighted by Crippen LogP contribution is 2.26. The molecule has 1 rings (SSSR count). The molecule has 0 N–H and O–H groups in total. The Morgan fingerprint density at radius 1 is 1.57 bits per heavy atom. The van der Waals surface area contributed by atoms with Crippen molar-refractivity contribution in [2.45, 2.75) is 11.8 Å². The quantitative estimate of drug-likeness (QED) is 0.787. The van der Waals surface area contributed by atoms with Crippen LogP contribution in [0.15, 0.2) is 6.07 Å². The highest BCUT2D eigenvalue weighted by Gasteiger charge is 2.17. The summed E-state index contributed by atoms with van der Waals surface area (Å²) in [5.74, 6) is -1.12. The van der Waals surface area contributed by atoms with E-state index in [2.05, 4.69) is 25.7 Å². The number of nitrogens with zero attached hydrogens (tertiary/aromatic N) is 1. The topological polar surface area (TPSA) is 22.1 Å². The fourth-order valence-electron chi connectivity index (χ4n) is 0.922. The summed E-state index contributed by atoms with van der Waals surface area (Å²) in [6.45, 7) is 0. The van der Waals surface area contributed by atoms with Gasteiger partial charge in [-0.3, -0.25) is 0 Å². The first-order valence-corrected chi connectivity index (χ1v) is 4.79. The lowest BCUT2D eigenvalue weighted by molar-refractivity contribution is 0.144. The van der Waals surface area contributed by atoms with Gasteiger partial charge in [-0.15, -0.1) is 0 Å². The number of rotatable bonds is 3. The lowest BCUT2D eigenvalue weighted by atomic mass is 10.2. The molecule has 6 heteroatoms. The third-order valence-corrected chi connectivity index (χ3v) is 2.19. The van der Waals surface area contributed by atoms with E-state index < -0.39 is 23.8 Å². The van der Waals surface area contributed by atoms with Crippen molar-refractivity contribution in [3.8, 4) is 5.88 Å². The number of hydrogen-bond donors (Lipinski definition) is 0. The number of halogens is 4. The van der Waals surface area contributed by atoms with Crippen molar-refractivity contribution in [1.29, 1.82) is 0 Å². The zero-order valence-electron chi connectivity index (χ0n) is 7.23. The van der Waals surface area contributed by atoms with Crippen molar-refractivity contribution in [2.24, 2.45) is 0 Å². The van der Waals surface area contributed by atoms with Crippen LogP contribution in [0.4, 0.5) is 13.2 Å². The Bertz CT molecular complexity index is 307. The maximum atomic E-state index is 13.3. The summed E-state index contributed by atoms with van der Waals surface area (Å²) in [6, 6.07) is 1.01. The number of hydrogen-bond acceptors (Lipinski definition) is 2. The van der Waals surface area contributed by atoms with E-state index >= 15 is 0 Å². The molecule has 78 valence electrons. The summed E-state index contributed by atoms with van der Waals surface area (Å²) >= 11 is 2.99. The lowest BCUT2D eigenvalue weighted by Gasteiger charge is -2.07. The number of pyridine rings is 1. The monoisotopic (exact) mass is 269 g/mol. The van der Waals surface area contributed by atoms with E-state index in [1.54, 1.807) is 0 Å². The molecule has 0 saturated carbocycles. The van der Waals surface area contributed by atoms with Gasteiger partial charge < -0.3 is 4.74 Å². The van der Waals surface area contributed by atoms with Crippen LogP contribution in [0.3, 0.4) is 0 Å². The molecule has 1 aromatic heterocycles. The second-order valence-electron chi connectivity index (χ2n) is 2.46. The molecular formula is C8H7BrF3NO. The maximum absolute atomic E-state index is 13.3. The minimum absolute atomic E-state index is 0.104. The van der Waals surface area contributed by atoms with Crippen LogP contribution in [0.5, 0.6) is 5.88 Å². The average Bonchev–Trinajstić information content (AvgIpc) is 2.17. The van der Waals surface area contributed by atoms with E-state index in [0.717, 1.165) is 6.07 Å². The van der Waals surface area contributed by atoms with E-state index in [-0.39, 0.29) is 10.9 Å². The van der Waals surface area contributed by atoms with Crippen molar-refractivity contribution in [3.05, 3.63) is 23.1 Å². The average molecular weight is 270 g/mol. The van der Waals surface area contributed by atoms with Gasteiger partial charge in [0.2, 0.25) is 0 Å². The molecule has 0 radical (unpaired) electrons. The predicted octanol–water partition coefficient (Wildman–Crippen LogP) is 3.06. The number of aromatic nitrogens is 1. The van der Waals surface area contributed by atoms with Gasteiger partial charge in [0, 0.05) is 10.9 Å². The fraction of sp³-hybridized carbons (Fsp3) is 0.375. The van der Waals surface area contributed by atoms with Gasteiger partial charge in [-0.05, 0) is 6.07 Å². The molecule has 2 nitrogen and oxygen atoms in total. The fourth-order valence-corrected chi connectivity index (χ4v) is 1.33. The third-order valence-electron chi connectivity index (χ3n) is 1.58. The van der Waals surface area contributed by atoms with E-state index in [9.17, 15) is 13.2 Å². The van der Waals surface area contributed by atoms with Gasteiger partial charge >= 0.3 is 0 Å². The summed E-state index contributed by atoms with van der Waals surface area (Å²) in [5.41, 5.74) is -0.384. The Balaban J connectivity index is 3.25. The smallest absolute Gasteiger partial charge is 0.280 e. The molecule has 0 fully saturated rings. The van der Waals surface area contributed by atoms with Gasteiger partial charge in [-0.25, -0.2) is 18.2 Å². The molecule has 1 heterocycles. The second kappa shape index (κ2) is 4.63. The van der Waals surface area contributed by atoms with Gasteiger partial charge in [0.05, 0.1) is 7.11 Å². The molecule has 0 saturated heterocycles. The maximum Gasteiger partial charge on any atom is 0.280 e. The normalized spacial score (nSPS) is 10.7. The van der Waals surface area contributed by atoms with Crippen molar-refractivity contribution >= 4 is 15.9 Å². The van der Waals surface area contributed by atoms with Crippen LogP contribution >= 0.6 is 15.9 Å². The van der Waals surface area contributed by atoms with Crippen LogP contribution in [0, 0.1) is 5.82 Å². The van der Waals surface area contributed by atoms with Crippen molar-refractivity contribution in [2.75, 3.05) is 7.11 Å². The van der Waals surface area contributed by atoms with Gasteiger partial charge in [0.25, 0.3) is 12.3 Å². The van der Waals surface area contributed by atoms with Crippen LogP contribution in [0.1, 0.15) is 17.7 Å². The molecule has 14 heavy (non-hydrogen) atoms. The molecule has 0 aliphatic carbocycles. The minimum atomic E-state index is -2.73. The van der Waals surface area contributed by atoms with E-state index in [1.807, 2.05) is 0 Å². The molecule has 0 aliphatic heterocycles. The van der Waals surface area contributed by atoms with E-state index in [1.165, 1.54) is 7.11 Å². The first-order chi connectivity index (χ1) is 6.60. The first kappa shape index (κ1) is 11.3. The number of ether oxygens (including phenoxy) is 1. The predicted molar refractivity (Wildman–Crippen MR) is 48.3 cm³/mol. The molecule has 0 aliphatic rings. The zero-order valence-corrected chi connectivity index (χ0v) is 8.82. The second-order valence-corrected chi connectivity index (χ2v) is 3.02. The minimum Gasteiger partial charge on any atom is -0.479 e. The van der Waals surface area contributed by atoms with Gasteiger partial charge in [0.15, 0.2) is 5.82 Å². The van der Waals surface area contributed by atoms with Gasteiger partial charge in [0.1, 0.15) is 5.69 Å². The lowest BCUT2D eigenvalue weighted by Crippen LogP contribution is -2.01. The van der Waals surface area contributed by atoms with Crippen LogP contribution < -0.4 is 4.74 Å². The summed E-state index contributed by atoms with van der Waals surface area (Å²) in [7, 11) is 1.18. The third kappa shape index (κ3) is 2.17. The van der Waals surface area contributed by atoms with Crippen LogP contribution in [-0.2, 0) is 5.33 Å². The standard InChI is InChI=1S/C8H7BrF3NO/c1-14-8-6(10)4(3-9)2-5(13-8)7(11)12/h2,7H,3H2,1H3. The molecular weight excluding hydrogens is 263 g/mol. The van der Waals surface area contributed by atoms with E-state index in [4.69, 9.17) is 0 Å². The van der Waals surface area contributed by atoms with Crippen molar-refractivity contribution in [3.63, 3.8) is 0 Å². The van der Waals surface area contributed by atoms with E-state index in [0.29, 0.717) is 0 Å². The molecule has 0 aromatic carbocycles. The van der Waals surface area contributed by atoms with Gasteiger partial charge in [-0.1, -0.05) is 15.9 Å². The molecule has 1 aromatic rings. The molecule has 0 atom stereocenters. The van der Waals surface area contributed by atoms with Crippen LogP contribution in [-0.4, -0.2) is 12.1 Å². The van der Waals surface area contributed by atoms with Gasteiger partial charge in [-0.2, -0.15) is 0 Å². The Hall–Kier alpha value is -0.780. The number of methoxy groups -OCH3 is 1. The van der Waals surface area contributed by atoms with Crippen molar-refractivity contribution in [1.82, 2.24) is 4.98 Å². The molecule has 0 bridgehead atoms. The SMILES string of the molecule is COc1nc(C(F)F)cc(CBr)c1F. The molecule has 0 spiro atoms.